The molecule has 0 radical (unpaired) electrons. The fourth-order valence-electron chi connectivity index (χ4n) is 1.70. The molecule has 2 nitrogen and oxygen atoms in total. The summed E-state index contributed by atoms with van der Waals surface area (Å²) in [4.78, 5) is 0. The molecule has 1 aromatic carbocycles. The van der Waals surface area contributed by atoms with Crippen LogP contribution in [0.5, 0.6) is 5.75 Å². The molecule has 0 aliphatic carbocycles. The lowest BCUT2D eigenvalue weighted by molar-refractivity contribution is 0.149. The van der Waals surface area contributed by atoms with Gasteiger partial charge in [-0.25, -0.2) is 0 Å². The van der Waals surface area contributed by atoms with Gasteiger partial charge < -0.3 is 10.1 Å². The number of hydrogen-bond donors (Lipinski definition) is 1. The van der Waals surface area contributed by atoms with Crippen molar-refractivity contribution in [1.82, 2.24) is 5.32 Å². The quantitative estimate of drug-likeness (QED) is 0.731. The molecule has 0 saturated carbocycles. The first-order valence-corrected chi connectivity index (χ1v) is 6.57. The van der Waals surface area contributed by atoms with E-state index in [4.69, 9.17) is 4.74 Å². The van der Waals surface area contributed by atoms with Crippen LogP contribution in [0.2, 0.25) is 0 Å². The average molecular weight is 235 g/mol. The molecule has 0 fully saturated rings. The average Bonchev–Trinajstić information content (AvgIpc) is 2.28. The molecule has 1 aromatic rings. The number of aryl methyl sites for hydroxylation is 1. The first kappa shape index (κ1) is 14.0. The molecule has 0 saturated heterocycles. The van der Waals surface area contributed by atoms with E-state index in [0.717, 1.165) is 25.3 Å². The van der Waals surface area contributed by atoms with Gasteiger partial charge in [-0.3, -0.25) is 0 Å². The second-order valence-electron chi connectivity index (χ2n) is 4.92. The smallest absolute Gasteiger partial charge is 0.120 e. The second-order valence-corrected chi connectivity index (χ2v) is 4.92. The minimum absolute atomic E-state index is 0.239. The van der Waals surface area contributed by atoms with E-state index in [1.165, 1.54) is 5.56 Å². The maximum absolute atomic E-state index is 6.04. The highest BCUT2D eigenvalue weighted by atomic mass is 16.5. The zero-order chi connectivity index (χ0) is 12.7. The Morgan fingerprint density at radius 3 is 2.65 bits per heavy atom. The summed E-state index contributed by atoms with van der Waals surface area (Å²) in [6.07, 6.45) is 1.40. The number of hydrogen-bond acceptors (Lipinski definition) is 2. The van der Waals surface area contributed by atoms with E-state index in [9.17, 15) is 0 Å². The molecule has 1 unspecified atom stereocenters. The van der Waals surface area contributed by atoms with E-state index in [0.29, 0.717) is 5.92 Å². The Morgan fingerprint density at radius 1 is 1.29 bits per heavy atom. The molecule has 1 atom stereocenters. The third-order valence-electron chi connectivity index (χ3n) is 2.79. The van der Waals surface area contributed by atoms with Gasteiger partial charge in [0.05, 0.1) is 0 Å². The largest absolute Gasteiger partial charge is 0.489 e. The Kier molecular flexibility index (Phi) is 6.06. The standard InChI is InChI=1S/C15H25NO/c1-5-9-16-11-15(12(2)3)17-14-8-6-7-13(4)10-14/h6-8,10,12,15-16H,5,9,11H2,1-4H3. The van der Waals surface area contributed by atoms with E-state index in [-0.39, 0.29) is 6.10 Å². The maximum Gasteiger partial charge on any atom is 0.120 e. The van der Waals surface area contributed by atoms with Crippen LogP contribution < -0.4 is 10.1 Å². The molecule has 1 rings (SSSR count). The summed E-state index contributed by atoms with van der Waals surface area (Å²) in [6, 6.07) is 8.26. The molecule has 0 bridgehead atoms. The summed E-state index contributed by atoms with van der Waals surface area (Å²) >= 11 is 0. The maximum atomic E-state index is 6.04. The van der Waals surface area contributed by atoms with Crippen molar-refractivity contribution in [1.29, 1.82) is 0 Å². The van der Waals surface area contributed by atoms with Gasteiger partial charge in [0, 0.05) is 6.54 Å². The predicted molar refractivity (Wildman–Crippen MR) is 73.6 cm³/mol. The van der Waals surface area contributed by atoms with Crippen molar-refractivity contribution in [3.05, 3.63) is 29.8 Å². The van der Waals surface area contributed by atoms with Gasteiger partial charge in [-0.15, -0.1) is 0 Å². The van der Waals surface area contributed by atoms with Gasteiger partial charge in [-0.2, -0.15) is 0 Å². The Bertz CT molecular complexity index is 322. The Hall–Kier alpha value is -1.02. The monoisotopic (exact) mass is 235 g/mol. The molecule has 0 aromatic heterocycles. The van der Waals surface area contributed by atoms with Gasteiger partial charge in [0.25, 0.3) is 0 Å². The van der Waals surface area contributed by atoms with Crippen LogP contribution in [0.25, 0.3) is 0 Å². The predicted octanol–water partition coefficient (Wildman–Crippen LogP) is 3.40. The van der Waals surface area contributed by atoms with Gasteiger partial charge in [0.1, 0.15) is 11.9 Å². The van der Waals surface area contributed by atoms with Crippen LogP contribution in [0.1, 0.15) is 32.8 Å². The van der Waals surface area contributed by atoms with Crippen molar-refractivity contribution in [2.45, 2.75) is 40.2 Å². The SMILES string of the molecule is CCCNCC(Oc1cccc(C)c1)C(C)C. The van der Waals surface area contributed by atoms with Crippen molar-refractivity contribution in [2.24, 2.45) is 5.92 Å². The zero-order valence-electron chi connectivity index (χ0n) is 11.5. The molecule has 1 N–H and O–H groups in total. The topological polar surface area (TPSA) is 21.3 Å². The molecule has 0 aliphatic heterocycles. The normalized spacial score (nSPS) is 12.8. The lowest BCUT2D eigenvalue weighted by Gasteiger charge is -2.23. The summed E-state index contributed by atoms with van der Waals surface area (Å²) < 4.78 is 6.04. The van der Waals surface area contributed by atoms with E-state index in [2.05, 4.69) is 45.1 Å². The lowest BCUT2D eigenvalue weighted by atomic mass is 10.1. The Morgan fingerprint density at radius 2 is 2.06 bits per heavy atom. The Labute approximate surface area is 105 Å². The van der Waals surface area contributed by atoms with Crippen molar-refractivity contribution >= 4 is 0 Å². The molecular weight excluding hydrogens is 210 g/mol. The molecule has 17 heavy (non-hydrogen) atoms. The summed E-state index contributed by atoms with van der Waals surface area (Å²) in [6.45, 7) is 10.6. The van der Waals surface area contributed by atoms with Crippen LogP contribution in [0.4, 0.5) is 0 Å². The third-order valence-corrected chi connectivity index (χ3v) is 2.79. The molecule has 0 spiro atoms. The highest BCUT2D eigenvalue weighted by molar-refractivity contribution is 5.27. The van der Waals surface area contributed by atoms with Crippen LogP contribution in [-0.4, -0.2) is 19.2 Å². The van der Waals surface area contributed by atoms with Crippen molar-refractivity contribution < 1.29 is 4.74 Å². The van der Waals surface area contributed by atoms with Crippen molar-refractivity contribution in [3.8, 4) is 5.75 Å². The minimum atomic E-state index is 0.239. The summed E-state index contributed by atoms with van der Waals surface area (Å²) in [5.74, 6) is 1.49. The molecule has 96 valence electrons. The first-order chi connectivity index (χ1) is 8.13. The molecule has 0 amide bonds. The van der Waals surface area contributed by atoms with E-state index >= 15 is 0 Å². The highest BCUT2D eigenvalue weighted by Gasteiger charge is 2.14. The summed E-state index contributed by atoms with van der Waals surface area (Å²) in [5.41, 5.74) is 1.24. The van der Waals surface area contributed by atoms with Crippen molar-refractivity contribution in [3.63, 3.8) is 0 Å². The first-order valence-electron chi connectivity index (χ1n) is 6.57. The number of ether oxygens (including phenoxy) is 1. The van der Waals surface area contributed by atoms with Crippen LogP contribution in [0.3, 0.4) is 0 Å². The summed E-state index contributed by atoms with van der Waals surface area (Å²) in [5, 5.41) is 3.43. The number of benzene rings is 1. The Balaban J connectivity index is 2.54. The second kappa shape index (κ2) is 7.33. The fourth-order valence-corrected chi connectivity index (χ4v) is 1.70. The van der Waals surface area contributed by atoms with Crippen LogP contribution in [0, 0.1) is 12.8 Å². The van der Waals surface area contributed by atoms with Crippen LogP contribution in [0.15, 0.2) is 24.3 Å². The van der Waals surface area contributed by atoms with E-state index in [1.807, 2.05) is 12.1 Å². The van der Waals surface area contributed by atoms with Crippen LogP contribution >= 0.6 is 0 Å². The highest BCUT2D eigenvalue weighted by Crippen LogP contribution is 2.17. The number of nitrogens with one attached hydrogen (secondary N) is 1. The molecular formula is C15H25NO. The fraction of sp³-hybridized carbons (Fsp3) is 0.600. The number of rotatable bonds is 7. The summed E-state index contributed by atoms with van der Waals surface area (Å²) in [7, 11) is 0. The molecule has 0 heterocycles. The van der Waals surface area contributed by atoms with Crippen LogP contribution in [-0.2, 0) is 0 Å². The van der Waals surface area contributed by atoms with E-state index in [1.54, 1.807) is 0 Å². The third kappa shape index (κ3) is 5.22. The van der Waals surface area contributed by atoms with Gasteiger partial charge in [-0.05, 0) is 43.5 Å². The lowest BCUT2D eigenvalue weighted by Crippen LogP contribution is -2.35. The zero-order valence-corrected chi connectivity index (χ0v) is 11.5. The molecule has 0 aliphatic rings. The van der Waals surface area contributed by atoms with Gasteiger partial charge in [-0.1, -0.05) is 32.9 Å². The van der Waals surface area contributed by atoms with E-state index < -0.39 is 0 Å². The molecule has 2 heteroatoms. The minimum Gasteiger partial charge on any atom is -0.489 e. The van der Waals surface area contributed by atoms with Gasteiger partial charge in [0.2, 0.25) is 0 Å². The van der Waals surface area contributed by atoms with Gasteiger partial charge in [0.15, 0.2) is 0 Å². The van der Waals surface area contributed by atoms with Gasteiger partial charge >= 0.3 is 0 Å². The van der Waals surface area contributed by atoms with Crippen molar-refractivity contribution in [2.75, 3.05) is 13.1 Å².